The Labute approximate surface area is 147 Å². The fourth-order valence-electron chi connectivity index (χ4n) is 2.79. The quantitative estimate of drug-likeness (QED) is 0.791. The molecule has 0 N–H and O–H groups in total. The standard InChI is InChI=1S/C19H23BrN2O/c1-21-9-11-22(12-10-21)14-17-13-18(20)7-8-19(17)23-15-16-5-3-2-4-6-16/h2-8,13H,9-12,14-15H2,1H3. The molecule has 122 valence electrons. The highest BCUT2D eigenvalue weighted by molar-refractivity contribution is 9.10. The molecule has 0 saturated carbocycles. The highest BCUT2D eigenvalue weighted by Crippen LogP contribution is 2.26. The maximum atomic E-state index is 6.08. The average Bonchev–Trinajstić information content (AvgIpc) is 2.57. The van der Waals surface area contributed by atoms with Crippen LogP contribution >= 0.6 is 15.9 Å². The van der Waals surface area contributed by atoms with Crippen LogP contribution in [0.15, 0.2) is 53.0 Å². The molecule has 0 amide bonds. The van der Waals surface area contributed by atoms with Gasteiger partial charge >= 0.3 is 0 Å². The first-order valence-corrected chi connectivity index (χ1v) is 8.86. The van der Waals surface area contributed by atoms with E-state index in [1.54, 1.807) is 0 Å². The lowest BCUT2D eigenvalue weighted by atomic mass is 10.1. The summed E-state index contributed by atoms with van der Waals surface area (Å²) in [7, 11) is 2.19. The van der Waals surface area contributed by atoms with Gasteiger partial charge in [0.1, 0.15) is 12.4 Å². The average molecular weight is 375 g/mol. The first-order valence-electron chi connectivity index (χ1n) is 8.07. The maximum absolute atomic E-state index is 6.08. The molecular weight excluding hydrogens is 352 g/mol. The Hall–Kier alpha value is -1.36. The van der Waals surface area contributed by atoms with Crippen molar-refractivity contribution in [2.24, 2.45) is 0 Å². The van der Waals surface area contributed by atoms with E-state index in [1.807, 2.05) is 24.3 Å². The summed E-state index contributed by atoms with van der Waals surface area (Å²) in [5.74, 6) is 0.982. The molecule has 1 saturated heterocycles. The molecule has 1 aliphatic rings. The predicted molar refractivity (Wildman–Crippen MR) is 97.7 cm³/mol. The largest absolute Gasteiger partial charge is 0.489 e. The van der Waals surface area contributed by atoms with E-state index in [0.717, 1.165) is 42.9 Å². The third kappa shape index (κ3) is 4.80. The van der Waals surface area contributed by atoms with Crippen LogP contribution in [-0.4, -0.2) is 43.0 Å². The van der Waals surface area contributed by atoms with Gasteiger partial charge in [0.05, 0.1) is 0 Å². The maximum Gasteiger partial charge on any atom is 0.124 e. The topological polar surface area (TPSA) is 15.7 Å². The Morgan fingerprint density at radius 2 is 1.74 bits per heavy atom. The second-order valence-electron chi connectivity index (χ2n) is 6.11. The van der Waals surface area contributed by atoms with E-state index in [0.29, 0.717) is 6.61 Å². The van der Waals surface area contributed by atoms with Gasteiger partial charge in [-0.2, -0.15) is 0 Å². The van der Waals surface area contributed by atoms with Gasteiger partial charge in [0.2, 0.25) is 0 Å². The second kappa shape index (κ2) is 7.95. The van der Waals surface area contributed by atoms with Crippen LogP contribution in [-0.2, 0) is 13.2 Å². The van der Waals surface area contributed by atoms with E-state index in [1.165, 1.54) is 11.1 Å². The van der Waals surface area contributed by atoms with Crippen molar-refractivity contribution in [3.63, 3.8) is 0 Å². The molecule has 0 unspecified atom stereocenters. The van der Waals surface area contributed by atoms with Crippen LogP contribution in [0.5, 0.6) is 5.75 Å². The van der Waals surface area contributed by atoms with Crippen LogP contribution < -0.4 is 4.74 Å². The SMILES string of the molecule is CN1CCN(Cc2cc(Br)ccc2OCc2ccccc2)CC1. The molecule has 0 aliphatic carbocycles. The van der Waals surface area contributed by atoms with E-state index in [-0.39, 0.29) is 0 Å². The monoisotopic (exact) mass is 374 g/mol. The van der Waals surface area contributed by atoms with Gasteiger partial charge in [0.15, 0.2) is 0 Å². The van der Waals surface area contributed by atoms with Crippen molar-refractivity contribution in [2.45, 2.75) is 13.2 Å². The molecule has 4 heteroatoms. The van der Waals surface area contributed by atoms with Crippen LogP contribution in [0, 0.1) is 0 Å². The molecular formula is C19H23BrN2O. The van der Waals surface area contributed by atoms with Gasteiger partial charge in [-0.3, -0.25) is 4.90 Å². The Morgan fingerprint density at radius 3 is 2.48 bits per heavy atom. The number of benzene rings is 2. The molecule has 3 nitrogen and oxygen atoms in total. The molecule has 1 aliphatic heterocycles. The summed E-state index contributed by atoms with van der Waals surface area (Å²) in [6, 6.07) is 16.6. The van der Waals surface area contributed by atoms with Crippen LogP contribution in [0.25, 0.3) is 0 Å². The Balaban J connectivity index is 1.67. The lowest BCUT2D eigenvalue weighted by Gasteiger charge is -2.32. The lowest BCUT2D eigenvalue weighted by molar-refractivity contribution is 0.146. The summed E-state index contributed by atoms with van der Waals surface area (Å²) >= 11 is 3.58. The van der Waals surface area contributed by atoms with Crippen molar-refractivity contribution >= 4 is 15.9 Å². The van der Waals surface area contributed by atoms with Gasteiger partial charge in [0.25, 0.3) is 0 Å². The summed E-state index contributed by atoms with van der Waals surface area (Å²) in [4.78, 5) is 4.88. The molecule has 23 heavy (non-hydrogen) atoms. The zero-order chi connectivity index (χ0) is 16.1. The van der Waals surface area contributed by atoms with E-state index < -0.39 is 0 Å². The summed E-state index contributed by atoms with van der Waals surface area (Å²) in [6.45, 7) is 6.04. The van der Waals surface area contributed by atoms with Crippen molar-refractivity contribution < 1.29 is 4.74 Å². The van der Waals surface area contributed by atoms with Crippen molar-refractivity contribution in [1.82, 2.24) is 9.80 Å². The van der Waals surface area contributed by atoms with Crippen molar-refractivity contribution in [3.8, 4) is 5.75 Å². The molecule has 2 aromatic rings. The number of halogens is 1. The van der Waals surface area contributed by atoms with Crippen molar-refractivity contribution in [3.05, 3.63) is 64.1 Å². The molecule has 0 radical (unpaired) electrons. The first kappa shape index (κ1) is 16.5. The van der Waals surface area contributed by atoms with E-state index in [9.17, 15) is 0 Å². The molecule has 0 spiro atoms. The van der Waals surface area contributed by atoms with Crippen LogP contribution in [0.3, 0.4) is 0 Å². The number of piperazine rings is 1. The zero-order valence-corrected chi connectivity index (χ0v) is 15.1. The number of hydrogen-bond donors (Lipinski definition) is 0. The first-order chi connectivity index (χ1) is 11.2. The molecule has 0 aromatic heterocycles. The number of rotatable bonds is 5. The minimum absolute atomic E-state index is 0.609. The van der Waals surface area contributed by atoms with Gasteiger partial charge in [-0.1, -0.05) is 46.3 Å². The number of nitrogens with zero attached hydrogens (tertiary/aromatic N) is 2. The third-order valence-corrected chi connectivity index (χ3v) is 4.74. The van der Waals surface area contributed by atoms with Crippen LogP contribution in [0.1, 0.15) is 11.1 Å². The molecule has 1 fully saturated rings. The van der Waals surface area contributed by atoms with Gasteiger partial charge in [0, 0.05) is 42.8 Å². The molecule has 0 atom stereocenters. The molecule has 1 heterocycles. The summed E-state index contributed by atoms with van der Waals surface area (Å²) in [6.07, 6.45) is 0. The van der Waals surface area contributed by atoms with Gasteiger partial charge < -0.3 is 9.64 Å². The highest BCUT2D eigenvalue weighted by atomic mass is 79.9. The zero-order valence-electron chi connectivity index (χ0n) is 13.5. The van der Waals surface area contributed by atoms with Gasteiger partial charge in [-0.15, -0.1) is 0 Å². The molecule has 0 bridgehead atoms. The Kier molecular flexibility index (Phi) is 5.70. The third-order valence-electron chi connectivity index (χ3n) is 4.25. The fourth-order valence-corrected chi connectivity index (χ4v) is 3.20. The molecule has 2 aromatic carbocycles. The van der Waals surface area contributed by atoms with E-state index in [4.69, 9.17) is 4.74 Å². The predicted octanol–water partition coefficient (Wildman–Crippen LogP) is 3.78. The van der Waals surface area contributed by atoms with Crippen LogP contribution in [0.4, 0.5) is 0 Å². The highest BCUT2D eigenvalue weighted by Gasteiger charge is 2.16. The lowest BCUT2D eigenvalue weighted by Crippen LogP contribution is -2.43. The molecule has 3 rings (SSSR count). The fraction of sp³-hybridized carbons (Fsp3) is 0.368. The Bertz CT molecular complexity index is 625. The van der Waals surface area contributed by atoms with E-state index in [2.05, 4.69) is 57.0 Å². The summed E-state index contributed by atoms with van der Waals surface area (Å²) in [5.41, 5.74) is 2.45. The minimum Gasteiger partial charge on any atom is -0.489 e. The number of ether oxygens (including phenoxy) is 1. The van der Waals surface area contributed by atoms with Crippen LogP contribution in [0.2, 0.25) is 0 Å². The minimum atomic E-state index is 0.609. The van der Waals surface area contributed by atoms with Crippen molar-refractivity contribution in [2.75, 3.05) is 33.2 Å². The summed E-state index contributed by atoms with van der Waals surface area (Å²) < 4.78 is 7.19. The van der Waals surface area contributed by atoms with E-state index >= 15 is 0 Å². The smallest absolute Gasteiger partial charge is 0.124 e. The normalized spacial score (nSPS) is 16.4. The number of hydrogen-bond acceptors (Lipinski definition) is 3. The second-order valence-corrected chi connectivity index (χ2v) is 7.02. The van der Waals surface area contributed by atoms with Gasteiger partial charge in [-0.25, -0.2) is 0 Å². The van der Waals surface area contributed by atoms with Crippen molar-refractivity contribution in [1.29, 1.82) is 0 Å². The summed E-state index contributed by atoms with van der Waals surface area (Å²) in [5, 5.41) is 0. The number of likely N-dealkylation sites (N-methyl/N-ethyl adjacent to an activating group) is 1. The Morgan fingerprint density at radius 1 is 1.00 bits per heavy atom. The van der Waals surface area contributed by atoms with Gasteiger partial charge in [-0.05, 0) is 30.8 Å².